The Hall–Kier alpha value is -0.703. The lowest BCUT2D eigenvalue weighted by Crippen LogP contribution is -2.25. The highest BCUT2D eigenvalue weighted by molar-refractivity contribution is 6.70. The van der Waals surface area contributed by atoms with Gasteiger partial charge >= 0.3 is 0 Å². The molecule has 2 nitrogen and oxygen atoms in total. The first-order chi connectivity index (χ1) is 5.90. The molecule has 0 atom stereocenters. The molecule has 0 aliphatic rings. The van der Waals surface area contributed by atoms with E-state index in [9.17, 15) is 0 Å². The molecule has 0 saturated carbocycles. The Morgan fingerprint density at radius 2 is 1.92 bits per heavy atom. The average Bonchev–Trinajstić information content (AvgIpc) is 1.96. The van der Waals surface area contributed by atoms with Gasteiger partial charge in [0.1, 0.15) is 5.76 Å². The molecule has 0 N–H and O–H groups in total. The zero-order valence-electron chi connectivity index (χ0n) is 9.31. The van der Waals surface area contributed by atoms with E-state index in [1.165, 1.54) is 0 Å². The first-order valence-electron chi connectivity index (χ1n) is 4.51. The Morgan fingerprint density at radius 3 is 2.23 bits per heavy atom. The fraction of sp³-hybridized carbons (Fsp3) is 0.600. The second-order valence-corrected chi connectivity index (χ2v) is 8.30. The molecule has 0 saturated heterocycles. The minimum Gasteiger partial charge on any atom is -0.544 e. The maximum atomic E-state index is 5.74. The number of hydrogen-bond acceptors (Lipinski definition) is 2. The van der Waals surface area contributed by atoms with Crippen molar-refractivity contribution in [2.75, 3.05) is 7.11 Å². The van der Waals surface area contributed by atoms with E-state index < -0.39 is 8.32 Å². The van der Waals surface area contributed by atoms with Crippen LogP contribution in [0.2, 0.25) is 19.6 Å². The summed E-state index contributed by atoms with van der Waals surface area (Å²) in [6.45, 7) is 12.4. The van der Waals surface area contributed by atoms with Crippen molar-refractivity contribution in [2.45, 2.75) is 33.0 Å². The van der Waals surface area contributed by atoms with E-state index in [0.717, 1.165) is 17.8 Å². The summed E-state index contributed by atoms with van der Waals surface area (Å²) in [6, 6.07) is 0. The van der Waals surface area contributed by atoms with Gasteiger partial charge in [0.25, 0.3) is 0 Å². The Balaban J connectivity index is 4.32. The van der Waals surface area contributed by atoms with Gasteiger partial charge in [-0.05, 0) is 26.1 Å². The molecule has 0 fully saturated rings. The van der Waals surface area contributed by atoms with Gasteiger partial charge in [0.05, 0.1) is 13.4 Å². The molecule has 0 rings (SSSR count). The topological polar surface area (TPSA) is 18.5 Å². The van der Waals surface area contributed by atoms with Crippen molar-refractivity contribution in [3.8, 4) is 0 Å². The van der Waals surface area contributed by atoms with Gasteiger partial charge in [-0.3, -0.25) is 0 Å². The number of rotatable bonds is 5. The van der Waals surface area contributed by atoms with Crippen molar-refractivity contribution in [1.82, 2.24) is 0 Å². The van der Waals surface area contributed by atoms with Crippen LogP contribution in [-0.2, 0) is 9.16 Å². The van der Waals surface area contributed by atoms with Crippen molar-refractivity contribution >= 4 is 8.32 Å². The second kappa shape index (κ2) is 5.12. The summed E-state index contributed by atoms with van der Waals surface area (Å²) in [6.07, 6.45) is 2.58. The van der Waals surface area contributed by atoms with Crippen LogP contribution in [0.15, 0.2) is 24.2 Å². The number of ether oxygens (including phenoxy) is 1. The highest BCUT2D eigenvalue weighted by atomic mass is 28.4. The van der Waals surface area contributed by atoms with Crippen molar-refractivity contribution in [3.63, 3.8) is 0 Å². The summed E-state index contributed by atoms with van der Waals surface area (Å²) in [4.78, 5) is 0. The normalized spacial score (nSPS) is 12.5. The van der Waals surface area contributed by atoms with E-state index in [0.29, 0.717) is 0 Å². The van der Waals surface area contributed by atoms with Gasteiger partial charge in [0.15, 0.2) is 0 Å². The quantitative estimate of drug-likeness (QED) is 0.385. The molecule has 0 aromatic rings. The minimum atomic E-state index is -1.52. The van der Waals surface area contributed by atoms with E-state index in [2.05, 4.69) is 33.1 Å². The monoisotopic (exact) mass is 200 g/mol. The summed E-state index contributed by atoms with van der Waals surface area (Å²) in [5.74, 6) is 0.753. The maximum absolute atomic E-state index is 5.74. The summed E-state index contributed by atoms with van der Waals surface area (Å²) in [7, 11) is 0.112. The molecule has 13 heavy (non-hydrogen) atoms. The van der Waals surface area contributed by atoms with Crippen molar-refractivity contribution in [1.29, 1.82) is 0 Å². The molecular weight excluding hydrogens is 180 g/mol. The van der Waals surface area contributed by atoms with Crippen molar-refractivity contribution < 1.29 is 9.16 Å². The first-order valence-corrected chi connectivity index (χ1v) is 7.91. The van der Waals surface area contributed by atoms with Gasteiger partial charge < -0.3 is 9.16 Å². The summed E-state index contributed by atoms with van der Waals surface area (Å²) in [5, 5.41) is 0. The van der Waals surface area contributed by atoms with Crippen LogP contribution in [0.5, 0.6) is 0 Å². The lowest BCUT2D eigenvalue weighted by Gasteiger charge is -2.21. The van der Waals surface area contributed by atoms with Crippen LogP contribution in [0.1, 0.15) is 13.3 Å². The Labute approximate surface area is 82.4 Å². The predicted octanol–water partition coefficient (Wildman–Crippen LogP) is 3.29. The van der Waals surface area contributed by atoms with Gasteiger partial charge in [-0.1, -0.05) is 13.5 Å². The summed E-state index contributed by atoms with van der Waals surface area (Å²) >= 11 is 0. The highest BCUT2D eigenvalue weighted by Gasteiger charge is 2.18. The largest absolute Gasteiger partial charge is 0.544 e. The van der Waals surface area contributed by atoms with Crippen LogP contribution in [0.4, 0.5) is 0 Å². The van der Waals surface area contributed by atoms with Crippen LogP contribution >= 0.6 is 0 Å². The first kappa shape index (κ1) is 12.3. The Kier molecular flexibility index (Phi) is 4.84. The van der Waals surface area contributed by atoms with Gasteiger partial charge in [-0.2, -0.15) is 0 Å². The molecule has 3 heteroatoms. The molecule has 0 aliphatic carbocycles. The van der Waals surface area contributed by atoms with Gasteiger partial charge in [0.2, 0.25) is 8.32 Å². The van der Waals surface area contributed by atoms with E-state index >= 15 is 0 Å². The van der Waals surface area contributed by atoms with Crippen LogP contribution in [0.3, 0.4) is 0 Å². The van der Waals surface area contributed by atoms with Crippen LogP contribution in [0.25, 0.3) is 0 Å². The predicted molar refractivity (Wildman–Crippen MR) is 59.0 cm³/mol. The zero-order chi connectivity index (χ0) is 10.5. The van der Waals surface area contributed by atoms with Gasteiger partial charge in [-0.15, -0.1) is 0 Å². The van der Waals surface area contributed by atoms with E-state index in [-0.39, 0.29) is 0 Å². The molecule has 0 aromatic carbocycles. The van der Waals surface area contributed by atoms with E-state index in [1.54, 1.807) is 13.4 Å². The van der Waals surface area contributed by atoms with Crippen molar-refractivity contribution in [2.24, 2.45) is 0 Å². The molecule has 0 radical (unpaired) electrons. The van der Waals surface area contributed by atoms with Gasteiger partial charge in [0, 0.05) is 5.57 Å². The van der Waals surface area contributed by atoms with E-state index in [1.807, 2.05) is 0 Å². The molecule has 76 valence electrons. The van der Waals surface area contributed by atoms with Crippen LogP contribution in [0, 0.1) is 0 Å². The lowest BCUT2D eigenvalue weighted by molar-refractivity contribution is 0.327. The highest BCUT2D eigenvalue weighted by Crippen LogP contribution is 2.18. The fourth-order valence-corrected chi connectivity index (χ4v) is 1.79. The molecule has 0 spiro atoms. The zero-order valence-corrected chi connectivity index (χ0v) is 10.3. The number of allylic oxidation sites excluding steroid dienone is 1. The molecular formula is C10H20O2Si. The Bertz CT molecular complexity index is 201. The molecule has 0 heterocycles. The molecule has 0 aliphatic heterocycles. The summed E-state index contributed by atoms with van der Waals surface area (Å²) in [5.41, 5.74) is 1.03. The van der Waals surface area contributed by atoms with Crippen LogP contribution < -0.4 is 0 Å². The standard InChI is InChI=1S/C10H20O2Si/c1-7-10(8-11-3)9(2)12-13(4,5)6/h8H,2,7H2,1,3-6H3. The molecule has 0 unspecified atom stereocenters. The SMILES string of the molecule is C=C(O[Si](C)(C)C)C(=COC)CC. The van der Waals surface area contributed by atoms with Crippen molar-refractivity contribution in [3.05, 3.63) is 24.2 Å². The van der Waals surface area contributed by atoms with E-state index in [4.69, 9.17) is 9.16 Å². The molecule has 0 amide bonds. The second-order valence-electron chi connectivity index (χ2n) is 3.87. The summed E-state index contributed by atoms with van der Waals surface area (Å²) < 4.78 is 10.7. The van der Waals surface area contributed by atoms with Crippen LogP contribution in [-0.4, -0.2) is 15.4 Å². The maximum Gasteiger partial charge on any atom is 0.242 e. The third-order valence-electron chi connectivity index (χ3n) is 1.43. The smallest absolute Gasteiger partial charge is 0.242 e. The Morgan fingerprint density at radius 1 is 1.38 bits per heavy atom. The third-order valence-corrected chi connectivity index (χ3v) is 2.29. The minimum absolute atomic E-state index is 0.753. The third kappa shape index (κ3) is 5.52. The fourth-order valence-electron chi connectivity index (χ4n) is 0.924. The number of hydrogen-bond donors (Lipinski definition) is 0. The van der Waals surface area contributed by atoms with Gasteiger partial charge in [-0.25, -0.2) is 0 Å². The lowest BCUT2D eigenvalue weighted by atomic mass is 10.2. The number of methoxy groups -OCH3 is 1. The molecule has 0 bridgehead atoms. The molecule has 0 aromatic heterocycles. The average molecular weight is 200 g/mol.